The SMILES string of the molecule is CC(C)(C)OC(=O)N1CCC[C@H]1c1ncc(-c2ccc3c(c2)oc2cc(-c4ccc5nc([C@@H]6CCCN6C(=O)OC(C)(C)C)[nH]c5c4)ccc23)[nH]1. The van der Waals surface area contributed by atoms with Gasteiger partial charge in [-0.15, -0.1) is 0 Å². The number of rotatable bonds is 4. The molecular weight excluding hydrogens is 644 g/mol. The Morgan fingerprint density at radius 3 is 1.90 bits per heavy atom. The minimum Gasteiger partial charge on any atom is -0.456 e. The molecule has 2 amide bonds. The second kappa shape index (κ2) is 12.2. The molecule has 0 aliphatic carbocycles. The third-order valence-electron chi connectivity index (χ3n) is 9.61. The highest BCUT2D eigenvalue weighted by atomic mass is 16.6. The zero-order chi connectivity index (χ0) is 35.7. The molecule has 5 heterocycles. The Balaban J connectivity index is 1.03. The van der Waals surface area contributed by atoms with Gasteiger partial charge >= 0.3 is 12.2 Å². The van der Waals surface area contributed by atoms with Crippen LogP contribution in [-0.2, 0) is 9.47 Å². The monoisotopic (exact) mass is 688 g/mol. The standard InChI is InChI=1S/C40H44N6O5/c1-39(2,3)50-37(47)45-17-7-9-31(45)35-41-22-30(44-35)25-12-15-27-26-14-11-24(20-33(26)49-34(27)21-25)23-13-16-28-29(19-23)43-36(42-28)32-10-8-18-46(32)38(48)51-40(4,5)6/h11-16,19-22,31-32H,7-10,17-18H2,1-6H3,(H,41,44)(H,42,43)/t31-,32-/m0/s1. The molecular formula is C40H44N6O5. The highest BCUT2D eigenvalue weighted by Gasteiger charge is 2.36. The molecule has 8 rings (SSSR count). The molecule has 0 radical (unpaired) electrons. The second-order valence-electron chi connectivity index (χ2n) is 15.7. The highest BCUT2D eigenvalue weighted by Crippen LogP contribution is 2.38. The fourth-order valence-electron chi connectivity index (χ4n) is 7.32. The van der Waals surface area contributed by atoms with E-state index in [2.05, 4.69) is 57.4 Å². The number of nitrogens with one attached hydrogen (secondary N) is 2. The summed E-state index contributed by atoms with van der Waals surface area (Å²) in [5.74, 6) is 1.54. The Bertz CT molecular complexity index is 2290. The van der Waals surface area contributed by atoms with E-state index in [-0.39, 0.29) is 24.3 Å². The Hall–Kier alpha value is -5.32. The second-order valence-corrected chi connectivity index (χ2v) is 15.7. The number of hydrogen-bond donors (Lipinski definition) is 2. The molecule has 0 saturated carbocycles. The molecule has 3 aromatic carbocycles. The molecule has 51 heavy (non-hydrogen) atoms. The number of amides is 2. The maximum Gasteiger partial charge on any atom is 0.410 e. The number of fused-ring (bicyclic) bond motifs is 4. The van der Waals surface area contributed by atoms with E-state index >= 15 is 0 Å². The van der Waals surface area contributed by atoms with E-state index in [0.717, 1.165) is 92.7 Å². The van der Waals surface area contributed by atoms with E-state index in [1.165, 1.54) is 0 Å². The first kappa shape index (κ1) is 32.9. The van der Waals surface area contributed by atoms with Crippen LogP contribution < -0.4 is 0 Å². The van der Waals surface area contributed by atoms with E-state index in [4.69, 9.17) is 18.9 Å². The van der Waals surface area contributed by atoms with Crippen molar-refractivity contribution in [1.29, 1.82) is 0 Å². The number of carbonyl (C=O) groups excluding carboxylic acids is 2. The summed E-state index contributed by atoms with van der Waals surface area (Å²) < 4.78 is 17.8. The van der Waals surface area contributed by atoms with E-state index in [9.17, 15) is 9.59 Å². The molecule has 2 aliphatic heterocycles. The molecule has 0 bridgehead atoms. The molecule has 264 valence electrons. The van der Waals surface area contributed by atoms with Gasteiger partial charge in [0.25, 0.3) is 0 Å². The number of nitrogens with zero attached hydrogens (tertiary/aromatic N) is 4. The highest BCUT2D eigenvalue weighted by molar-refractivity contribution is 6.07. The van der Waals surface area contributed by atoms with Crippen molar-refractivity contribution in [2.24, 2.45) is 0 Å². The van der Waals surface area contributed by atoms with Crippen molar-refractivity contribution in [2.45, 2.75) is 90.5 Å². The number of carbonyl (C=O) groups is 2. The van der Waals surface area contributed by atoms with Gasteiger partial charge in [-0.25, -0.2) is 19.6 Å². The van der Waals surface area contributed by atoms with Gasteiger partial charge in [0.1, 0.15) is 34.0 Å². The van der Waals surface area contributed by atoms with E-state index < -0.39 is 11.2 Å². The summed E-state index contributed by atoms with van der Waals surface area (Å²) in [6.45, 7) is 12.6. The number of aromatic nitrogens is 4. The summed E-state index contributed by atoms with van der Waals surface area (Å²) in [7, 11) is 0. The van der Waals surface area contributed by atoms with Gasteiger partial charge in [-0.3, -0.25) is 9.80 Å². The number of likely N-dealkylation sites (tertiary alicyclic amines) is 2. The minimum absolute atomic E-state index is 0.143. The smallest absolute Gasteiger partial charge is 0.410 e. The molecule has 3 aromatic heterocycles. The lowest BCUT2D eigenvalue weighted by atomic mass is 10.0. The van der Waals surface area contributed by atoms with Crippen molar-refractivity contribution in [3.8, 4) is 22.4 Å². The molecule has 2 atom stereocenters. The molecule has 11 nitrogen and oxygen atoms in total. The van der Waals surface area contributed by atoms with E-state index in [1.807, 2.05) is 59.9 Å². The quantitative estimate of drug-likeness (QED) is 0.189. The Kier molecular flexibility index (Phi) is 7.84. The first-order valence-corrected chi connectivity index (χ1v) is 17.8. The van der Waals surface area contributed by atoms with Gasteiger partial charge in [-0.2, -0.15) is 0 Å². The Labute approximate surface area is 296 Å². The molecule has 2 aliphatic rings. The van der Waals surface area contributed by atoms with Crippen LogP contribution in [0, 0.1) is 0 Å². The fourth-order valence-corrected chi connectivity index (χ4v) is 7.32. The van der Waals surface area contributed by atoms with Crippen molar-refractivity contribution in [3.05, 3.63) is 72.4 Å². The molecule has 2 saturated heterocycles. The Morgan fingerprint density at radius 1 is 0.725 bits per heavy atom. The number of ether oxygens (including phenoxy) is 2. The summed E-state index contributed by atoms with van der Waals surface area (Å²) in [5, 5.41) is 2.07. The number of H-pyrrole nitrogens is 2. The van der Waals surface area contributed by atoms with Crippen molar-refractivity contribution < 1.29 is 23.5 Å². The van der Waals surface area contributed by atoms with Crippen LogP contribution >= 0.6 is 0 Å². The lowest BCUT2D eigenvalue weighted by Crippen LogP contribution is -2.36. The van der Waals surface area contributed by atoms with Gasteiger partial charge in [0.15, 0.2) is 0 Å². The topological polar surface area (TPSA) is 130 Å². The van der Waals surface area contributed by atoms with E-state index in [1.54, 1.807) is 9.80 Å². The normalized spacial score (nSPS) is 18.4. The lowest BCUT2D eigenvalue weighted by molar-refractivity contribution is 0.0208. The molecule has 11 heteroatoms. The first-order valence-electron chi connectivity index (χ1n) is 17.8. The summed E-state index contributed by atoms with van der Waals surface area (Å²) in [6.07, 6.45) is 4.69. The first-order chi connectivity index (χ1) is 24.3. The zero-order valence-corrected chi connectivity index (χ0v) is 30.0. The summed E-state index contributed by atoms with van der Waals surface area (Å²) in [5.41, 5.74) is 6.13. The van der Waals surface area contributed by atoms with Crippen LogP contribution in [0.2, 0.25) is 0 Å². The van der Waals surface area contributed by atoms with Crippen LogP contribution in [0.25, 0.3) is 55.4 Å². The maximum atomic E-state index is 12.9. The number of hydrogen-bond acceptors (Lipinski definition) is 7. The van der Waals surface area contributed by atoms with Crippen LogP contribution in [0.1, 0.15) is 91.0 Å². The number of aromatic amines is 2. The molecule has 0 spiro atoms. The van der Waals surface area contributed by atoms with Crippen molar-refractivity contribution in [1.82, 2.24) is 29.7 Å². The van der Waals surface area contributed by atoms with Gasteiger partial charge in [0, 0.05) is 29.4 Å². The molecule has 0 unspecified atom stereocenters. The molecule has 2 N–H and O–H groups in total. The fraction of sp³-hybridized carbons (Fsp3) is 0.400. The minimum atomic E-state index is -0.554. The average molecular weight is 689 g/mol. The summed E-state index contributed by atoms with van der Waals surface area (Å²) in [4.78, 5) is 45.8. The molecule has 2 fully saturated rings. The summed E-state index contributed by atoms with van der Waals surface area (Å²) >= 11 is 0. The summed E-state index contributed by atoms with van der Waals surface area (Å²) in [6, 6.07) is 18.4. The number of benzene rings is 3. The van der Waals surface area contributed by atoms with Crippen molar-refractivity contribution in [3.63, 3.8) is 0 Å². The predicted molar refractivity (Wildman–Crippen MR) is 196 cm³/mol. The van der Waals surface area contributed by atoms with Gasteiger partial charge in [-0.1, -0.05) is 18.2 Å². The predicted octanol–water partition coefficient (Wildman–Crippen LogP) is 9.66. The van der Waals surface area contributed by atoms with Crippen molar-refractivity contribution in [2.75, 3.05) is 13.1 Å². The third kappa shape index (κ3) is 6.41. The van der Waals surface area contributed by atoms with Gasteiger partial charge in [0.05, 0.1) is 35.0 Å². The van der Waals surface area contributed by atoms with E-state index in [0.29, 0.717) is 13.1 Å². The maximum absolute atomic E-state index is 12.9. The van der Waals surface area contributed by atoms with Crippen LogP contribution in [0.5, 0.6) is 0 Å². The molecule has 6 aromatic rings. The van der Waals surface area contributed by atoms with Gasteiger partial charge in [-0.05, 0) is 115 Å². The van der Waals surface area contributed by atoms with Crippen LogP contribution in [0.3, 0.4) is 0 Å². The number of furan rings is 1. The van der Waals surface area contributed by atoms with Gasteiger partial charge in [0.2, 0.25) is 0 Å². The largest absolute Gasteiger partial charge is 0.456 e. The van der Waals surface area contributed by atoms with Crippen LogP contribution in [0.15, 0.2) is 65.2 Å². The van der Waals surface area contributed by atoms with Crippen LogP contribution in [0.4, 0.5) is 9.59 Å². The van der Waals surface area contributed by atoms with Crippen LogP contribution in [-0.4, -0.2) is 66.2 Å². The Morgan fingerprint density at radius 2 is 1.27 bits per heavy atom. The lowest BCUT2D eigenvalue weighted by Gasteiger charge is -2.27. The zero-order valence-electron chi connectivity index (χ0n) is 30.0. The average Bonchev–Trinajstić information content (AvgIpc) is 3.89. The number of imidazole rings is 2. The van der Waals surface area contributed by atoms with Gasteiger partial charge < -0.3 is 23.9 Å². The van der Waals surface area contributed by atoms with Crippen molar-refractivity contribution >= 4 is 45.2 Å². The third-order valence-corrected chi connectivity index (χ3v) is 9.61.